The van der Waals surface area contributed by atoms with E-state index in [0.717, 1.165) is 18.3 Å². The zero-order chi connectivity index (χ0) is 27.1. The molecule has 9 nitrogen and oxygen atoms in total. The summed E-state index contributed by atoms with van der Waals surface area (Å²) in [5.41, 5.74) is 6.95. The van der Waals surface area contributed by atoms with Crippen LogP contribution >= 0.6 is 0 Å². The maximum absolute atomic E-state index is 6.95. The van der Waals surface area contributed by atoms with Gasteiger partial charge >= 0.3 is 0 Å². The number of hydrogen-bond acceptors (Lipinski definition) is 9. The third kappa shape index (κ3) is 5.01. The minimum absolute atomic E-state index is 0. The summed E-state index contributed by atoms with van der Waals surface area (Å²) in [7, 11) is 0. The van der Waals surface area contributed by atoms with Gasteiger partial charge in [0.25, 0.3) is 0 Å². The molecule has 5 saturated heterocycles. The molecule has 0 aromatic carbocycles. The molecule has 10 heteroatoms. The Morgan fingerprint density at radius 2 is 0.571 bits per heavy atom. The average Bonchev–Trinajstić information content (AvgIpc) is 3.73. The van der Waals surface area contributed by atoms with E-state index in [1.54, 1.807) is 0 Å². The van der Waals surface area contributed by atoms with Crippen molar-refractivity contribution in [2.24, 2.45) is 53.1 Å². The van der Waals surface area contributed by atoms with Gasteiger partial charge in [-0.15, -0.1) is 0 Å². The van der Waals surface area contributed by atoms with Crippen LogP contribution < -0.4 is 48.3 Å². The quantitative estimate of drug-likeness (QED) is 0.183. The summed E-state index contributed by atoms with van der Waals surface area (Å²) in [4.78, 5) is 0. The molecular weight excluding hydrogens is 576 g/mol. The Morgan fingerprint density at radius 3 is 0.905 bits per heavy atom. The maximum Gasteiger partial charge on any atom is 0.0643 e. The summed E-state index contributed by atoms with van der Waals surface area (Å²) in [6.07, 6.45) is 23.0. The minimum Gasteiger partial charge on any atom is -0.327 e. The Hall–Kier alpha value is 0.263. The molecule has 0 aromatic heterocycles. The van der Waals surface area contributed by atoms with E-state index in [1.807, 2.05) is 0 Å². The SMILES string of the molecule is NC1CCCC2C3NC4NC(NC5NC(NC6NC(NC(N3)C12)C1CCCCC61)C1CCCCC51)C1CCCCC41.[Zn]. The van der Waals surface area contributed by atoms with Gasteiger partial charge in [-0.05, 0) is 92.8 Å². The summed E-state index contributed by atoms with van der Waals surface area (Å²) in [6, 6.07) is 0.279. The van der Waals surface area contributed by atoms with Gasteiger partial charge in [-0.3, -0.25) is 42.5 Å². The Labute approximate surface area is 266 Å². The van der Waals surface area contributed by atoms with Gasteiger partial charge in [-0.25, -0.2) is 0 Å². The van der Waals surface area contributed by atoms with Crippen molar-refractivity contribution in [3.05, 3.63) is 0 Å². The van der Waals surface area contributed by atoms with Crippen LogP contribution in [0.4, 0.5) is 0 Å². The van der Waals surface area contributed by atoms with Crippen LogP contribution in [0.1, 0.15) is 96.3 Å². The van der Waals surface area contributed by atoms with Gasteiger partial charge < -0.3 is 5.73 Å². The van der Waals surface area contributed by atoms with Crippen LogP contribution in [0.3, 0.4) is 0 Å². The molecule has 0 aromatic rings. The number of nitrogens with one attached hydrogen (secondary N) is 8. The molecule has 0 spiro atoms. The molecule has 9 fully saturated rings. The predicted molar refractivity (Wildman–Crippen MR) is 161 cm³/mol. The molecule has 42 heavy (non-hydrogen) atoms. The van der Waals surface area contributed by atoms with Crippen molar-refractivity contribution in [2.75, 3.05) is 0 Å². The van der Waals surface area contributed by atoms with E-state index in [0.29, 0.717) is 78.7 Å². The minimum atomic E-state index is 0. The van der Waals surface area contributed by atoms with E-state index in [-0.39, 0.29) is 31.7 Å². The van der Waals surface area contributed by atoms with Crippen LogP contribution in [0.5, 0.6) is 0 Å². The maximum atomic E-state index is 6.95. The van der Waals surface area contributed by atoms with Gasteiger partial charge in [-0.2, -0.15) is 0 Å². The van der Waals surface area contributed by atoms with Crippen molar-refractivity contribution in [3.63, 3.8) is 0 Å². The van der Waals surface area contributed by atoms with Crippen LogP contribution in [0.15, 0.2) is 0 Å². The number of nitrogens with two attached hydrogens (primary N) is 1. The summed E-state index contributed by atoms with van der Waals surface area (Å²) >= 11 is 0. The Morgan fingerprint density at radius 1 is 0.310 bits per heavy atom. The van der Waals surface area contributed by atoms with E-state index in [1.165, 1.54) is 89.9 Å². The van der Waals surface area contributed by atoms with Crippen molar-refractivity contribution in [2.45, 2.75) is 152 Å². The van der Waals surface area contributed by atoms with E-state index in [4.69, 9.17) is 5.73 Å². The molecule has 10 N–H and O–H groups in total. The Kier molecular flexibility index (Phi) is 8.56. The molecule has 17 atom stereocenters. The zero-order valence-electron chi connectivity index (χ0n) is 25.7. The molecule has 4 saturated carbocycles. The first-order chi connectivity index (χ1) is 20.2. The van der Waals surface area contributed by atoms with Gasteiger partial charge in [0.2, 0.25) is 0 Å². The normalized spacial score (nSPS) is 56.9. The molecule has 9 aliphatic rings. The second kappa shape index (κ2) is 12.1. The van der Waals surface area contributed by atoms with Crippen molar-refractivity contribution in [1.29, 1.82) is 0 Å². The molecule has 5 heterocycles. The summed E-state index contributed by atoms with van der Waals surface area (Å²) in [5, 5.41) is 33.6. The van der Waals surface area contributed by atoms with Crippen molar-refractivity contribution in [3.8, 4) is 0 Å². The molecule has 232 valence electrons. The molecule has 4 aliphatic carbocycles. The molecular formula is C32H57N9Zn. The smallest absolute Gasteiger partial charge is 0.0643 e. The van der Waals surface area contributed by atoms with Crippen molar-refractivity contribution >= 4 is 0 Å². The zero-order valence-corrected chi connectivity index (χ0v) is 28.7. The summed E-state index contributed by atoms with van der Waals surface area (Å²) in [5.74, 6) is 5.37. The second-order valence-electron chi connectivity index (χ2n) is 15.8. The van der Waals surface area contributed by atoms with Crippen LogP contribution in [-0.2, 0) is 19.5 Å². The van der Waals surface area contributed by atoms with Gasteiger partial charge in [0.05, 0.1) is 49.3 Å². The van der Waals surface area contributed by atoms with Gasteiger partial charge in [-0.1, -0.05) is 44.9 Å². The van der Waals surface area contributed by atoms with Crippen molar-refractivity contribution < 1.29 is 19.5 Å². The van der Waals surface area contributed by atoms with Crippen LogP contribution in [0.2, 0.25) is 0 Å². The van der Waals surface area contributed by atoms with Crippen molar-refractivity contribution in [1.82, 2.24) is 42.5 Å². The Balaban J connectivity index is 0.00000267. The fourth-order valence-electron chi connectivity index (χ4n) is 12.1. The summed E-state index contributed by atoms with van der Waals surface area (Å²) < 4.78 is 0. The van der Waals surface area contributed by atoms with Crippen LogP contribution in [-0.4, -0.2) is 55.4 Å². The first-order valence-electron chi connectivity index (χ1n) is 18.1. The monoisotopic (exact) mass is 631 g/mol. The van der Waals surface area contributed by atoms with E-state index >= 15 is 0 Å². The second-order valence-corrected chi connectivity index (χ2v) is 15.8. The molecule has 8 bridgehead atoms. The van der Waals surface area contributed by atoms with E-state index in [9.17, 15) is 0 Å². The van der Waals surface area contributed by atoms with E-state index < -0.39 is 0 Å². The standard InChI is InChI=1S/C32H57N9.Zn/c33-23-15-7-14-22-24(23)32-40-30-21-13-6-5-12-20(21)28(38-30)36-26-17-9-2-1-8-16(17)25(34-26)35-27-18-10-3-4-11-19(18)29(37-27)39-31(22)41-32;/h16-32,34-41H,1-15,33H2;. The largest absolute Gasteiger partial charge is 0.327 e. The first-order valence-corrected chi connectivity index (χ1v) is 18.1. The van der Waals surface area contributed by atoms with Gasteiger partial charge in [0.15, 0.2) is 0 Å². The fourth-order valence-corrected chi connectivity index (χ4v) is 12.1. The fraction of sp³-hybridized carbons (Fsp3) is 1.00. The topological polar surface area (TPSA) is 122 Å². The van der Waals surface area contributed by atoms with Crippen LogP contribution in [0, 0.1) is 47.3 Å². The molecule has 9 rings (SSSR count). The molecule has 5 aliphatic heterocycles. The Bertz CT molecular complexity index is 955. The number of hydrogen-bond donors (Lipinski definition) is 9. The van der Waals surface area contributed by atoms with E-state index in [2.05, 4.69) is 42.5 Å². The van der Waals surface area contributed by atoms with Gasteiger partial charge in [0, 0.05) is 31.4 Å². The molecule has 0 radical (unpaired) electrons. The average molecular weight is 633 g/mol. The summed E-state index contributed by atoms with van der Waals surface area (Å²) in [6.45, 7) is 0. The third-order valence-electron chi connectivity index (χ3n) is 13.9. The molecule has 0 amide bonds. The number of fused-ring (bicyclic) bond motifs is 20. The predicted octanol–water partition coefficient (Wildman–Crippen LogP) is 1.54. The molecule has 17 unspecified atom stereocenters. The number of rotatable bonds is 0. The van der Waals surface area contributed by atoms with Gasteiger partial charge in [0.1, 0.15) is 0 Å². The first kappa shape index (κ1) is 29.7. The third-order valence-corrected chi connectivity index (χ3v) is 13.9. The van der Waals surface area contributed by atoms with Crippen LogP contribution in [0.25, 0.3) is 0 Å².